The number of fused-ring (bicyclic) bond motifs is 1. The number of para-hydroxylation sites is 1. The predicted octanol–water partition coefficient (Wildman–Crippen LogP) is 2.11. The van der Waals surface area contributed by atoms with Crippen LogP contribution in [0.3, 0.4) is 0 Å². The Kier molecular flexibility index (Phi) is 3.95. The number of nitrogens with one attached hydrogen (secondary N) is 1. The van der Waals surface area contributed by atoms with Gasteiger partial charge in [-0.3, -0.25) is 4.79 Å². The van der Waals surface area contributed by atoms with E-state index in [4.69, 9.17) is 11.5 Å². The second-order valence-corrected chi connectivity index (χ2v) is 5.67. The number of H-pyrrole nitrogens is 1. The number of carbonyl (C=O) groups is 1. The zero-order chi connectivity index (χ0) is 14.8. The van der Waals surface area contributed by atoms with Gasteiger partial charge in [0.2, 0.25) is 5.91 Å². The number of primary amides is 1. The fourth-order valence-electron chi connectivity index (χ4n) is 2.07. The molecule has 1 heterocycles. The molecule has 106 valence electrons. The number of carbonyl (C=O) groups excluding carboxylic acids is 1. The Balaban J connectivity index is 2.10. The van der Waals surface area contributed by atoms with Crippen LogP contribution in [0.15, 0.2) is 42.6 Å². The Labute approximate surface area is 118 Å². The van der Waals surface area contributed by atoms with Crippen molar-refractivity contribution in [3.05, 3.63) is 48.2 Å². The molecule has 0 aliphatic rings. The summed E-state index contributed by atoms with van der Waals surface area (Å²) in [5, 5.41) is 1.19. The van der Waals surface area contributed by atoms with E-state index in [2.05, 4.69) is 11.1 Å². The summed E-state index contributed by atoms with van der Waals surface area (Å²) in [6.07, 6.45) is 6.34. The van der Waals surface area contributed by atoms with Gasteiger partial charge in [-0.1, -0.05) is 30.4 Å². The molecule has 5 N–H and O–H groups in total. The van der Waals surface area contributed by atoms with Crippen LogP contribution >= 0.6 is 0 Å². The summed E-state index contributed by atoms with van der Waals surface area (Å²) in [6.45, 7) is 3.56. The summed E-state index contributed by atoms with van der Waals surface area (Å²) >= 11 is 0. The summed E-state index contributed by atoms with van der Waals surface area (Å²) in [6, 6.07) is 7.98. The van der Waals surface area contributed by atoms with E-state index in [0.29, 0.717) is 0 Å². The first kappa shape index (κ1) is 14.3. The standard InChI is InChI=1S/C16H21N3O/c1-16(2,15(18)20)8-7-12(17)9-11-10-19-14-6-4-3-5-13(11)14/h3-8,10,12,19H,9,17H2,1-2H3,(H2,18,20)/b8-7+/t12-/m1/s1. The van der Waals surface area contributed by atoms with Crippen LogP contribution in [0.25, 0.3) is 10.9 Å². The van der Waals surface area contributed by atoms with Crippen molar-refractivity contribution in [2.24, 2.45) is 16.9 Å². The lowest BCUT2D eigenvalue weighted by atomic mass is 9.91. The fourth-order valence-corrected chi connectivity index (χ4v) is 2.07. The van der Waals surface area contributed by atoms with Crippen molar-refractivity contribution < 1.29 is 4.79 Å². The van der Waals surface area contributed by atoms with Crippen LogP contribution in [0.5, 0.6) is 0 Å². The van der Waals surface area contributed by atoms with Crippen molar-refractivity contribution in [1.29, 1.82) is 0 Å². The molecule has 0 spiro atoms. The molecule has 4 heteroatoms. The lowest BCUT2D eigenvalue weighted by Gasteiger charge is -2.16. The fraction of sp³-hybridized carbons (Fsp3) is 0.312. The molecule has 1 aromatic carbocycles. The van der Waals surface area contributed by atoms with Gasteiger partial charge < -0.3 is 16.5 Å². The molecule has 2 rings (SSSR count). The Morgan fingerprint density at radius 2 is 2.10 bits per heavy atom. The molecule has 0 saturated carbocycles. The molecule has 4 nitrogen and oxygen atoms in total. The van der Waals surface area contributed by atoms with Gasteiger partial charge in [-0.25, -0.2) is 0 Å². The Morgan fingerprint density at radius 3 is 2.80 bits per heavy atom. The normalized spacial score (nSPS) is 13.9. The van der Waals surface area contributed by atoms with Crippen molar-refractivity contribution in [2.75, 3.05) is 0 Å². The maximum Gasteiger partial charge on any atom is 0.226 e. The van der Waals surface area contributed by atoms with Gasteiger partial charge in [0.15, 0.2) is 0 Å². The van der Waals surface area contributed by atoms with Gasteiger partial charge >= 0.3 is 0 Å². The number of aromatic amines is 1. The summed E-state index contributed by atoms with van der Waals surface area (Å²) in [5.41, 5.74) is 13.1. The summed E-state index contributed by atoms with van der Waals surface area (Å²) in [7, 11) is 0. The second-order valence-electron chi connectivity index (χ2n) is 5.67. The third kappa shape index (κ3) is 3.08. The lowest BCUT2D eigenvalue weighted by molar-refractivity contribution is -0.123. The SMILES string of the molecule is CC(C)(/C=C/[C@@H](N)Cc1c[nH]c2ccccc12)C(N)=O. The molecule has 1 amide bonds. The highest BCUT2D eigenvalue weighted by Gasteiger charge is 2.21. The summed E-state index contributed by atoms with van der Waals surface area (Å²) < 4.78 is 0. The quantitative estimate of drug-likeness (QED) is 0.727. The number of hydrogen-bond acceptors (Lipinski definition) is 2. The molecule has 1 aromatic heterocycles. The van der Waals surface area contributed by atoms with E-state index < -0.39 is 5.41 Å². The first-order valence-corrected chi connectivity index (χ1v) is 6.70. The summed E-state index contributed by atoms with van der Waals surface area (Å²) in [4.78, 5) is 14.5. The minimum absolute atomic E-state index is 0.146. The van der Waals surface area contributed by atoms with Crippen LogP contribution in [0.4, 0.5) is 0 Å². The third-order valence-corrected chi connectivity index (χ3v) is 3.53. The maximum atomic E-state index is 11.3. The topological polar surface area (TPSA) is 84.9 Å². The number of rotatable bonds is 5. The average molecular weight is 271 g/mol. The van der Waals surface area contributed by atoms with Crippen LogP contribution in [0, 0.1) is 5.41 Å². The molecule has 1 atom stereocenters. The van der Waals surface area contributed by atoms with E-state index in [9.17, 15) is 4.79 Å². The van der Waals surface area contributed by atoms with Crippen molar-refractivity contribution >= 4 is 16.8 Å². The molecule has 20 heavy (non-hydrogen) atoms. The maximum absolute atomic E-state index is 11.3. The monoisotopic (exact) mass is 271 g/mol. The highest BCUT2D eigenvalue weighted by molar-refractivity contribution is 5.83. The molecular formula is C16H21N3O. The van der Waals surface area contributed by atoms with E-state index in [1.165, 1.54) is 10.9 Å². The number of amides is 1. The van der Waals surface area contributed by atoms with Gasteiger partial charge in [0.05, 0.1) is 5.41 Å². The minimum Gasteiger partial charge on any atom is -0.369 e. The molecule has 0 saturated heterocycles. The molecule has 0 unspecified atom stereocenters. The zero-order valence-corrected chi connectivity index (χ0v) is 11.9. The number of hydrogen-bond donors (Lipinski definition) is 3. The van der Waals surface area contributed by atoms with E-state index in [1.807, 2.05) is 30.5 Å². The molecule has 0 radical (unpaired) electrons. The van der Waals surface area contributed by atoms with E-state index in [-0.39, 0.29) is 11.9 Å². The van der Waals surface area contributed by atoms with Gasteiger partial charge in [-0.2, -0.15) is 0 Å². The van der Waals surface area contributed by atoms with Crippen molar-refractivity contribution in [1.82, 2.24) is 4.98 Å². The zero-order valence-electron chi connectivity index (χ0n) is 11.9. The van der Waals surface area contributed by atoms with Crippen LogP contribution in [-0.2, 0) is 11.2 Å². The Bertz CT molecular complexity index is 640. The Morgan fingerprint density at radius 1 is 1.40 bits per heavy atom. The molecule has 0 aliphatic carbocycles. The van der Waals surface area contributed by atoms with Crippen molar-refractivity contribution in [3.8, 4) is 0 Å². The predicted molar refractivity (Wildman–Crippen MR) is 82.1 cm³/mol. The van der Waals surface area contributed by atoms with Gasteiger partial charge in [-0.05, 0) is 31.9 Å². The van der Waals surface area contributed by atoms with Gasteiger partial charge in [0.25, 0.3) is 0 Å². The van der Waals surface area contributed by atoms with Crippen LogP contribution in [-0.4, -0.2) is 16.9 Å². The van der Waals surface area contributed by atoms with E-state index in [0.717, 1.165) is 11.9 Å². The minimum atomic E-state index is -0.669. The first-order valence-electron chi connectivity index (χ1n) is 6.70. The summed E-state index contributed by atoms with van der Waals surface area (Å²) in [5.74, 6) is -0.354. The van der Waals surface area contributed by atoms with E-state index >= 15 is 0 Å². The Hall–Kier alpha value is -2.07. The van der Waals surface area contributed by atoms with Crippen molar-refractivity contribution in [3.63, 3.8) is 0 Å². The molecule has 0 fully saturated rings. The van der Waals surface area contributed by atoms with Crippen molar-refractivity contribution in [2.45, 2.75) is 26.3 Å². The van der Waals surface area contributed by atoms with Gasteiger partial charge in [0, 0.05) is 23.1 Å². The highest BCUT2D eigenvalue weighted by Crippen LogP contribution is 2.20. The largest absolute Gasteiger partial charge is 0.369 e. The van der Waals surface area contributed by atoms with Crippen LogP contribution in [0.1, 0.15) is 19.4 Å². The molecule has 0 bridgehead atoms. The smallest absolute Gasteiger partial charge is 0.226 e. The molecular weight excluding hydrogens is 250 g/mol. The molecule has 2 aromatic rings. The van der Waals surface area contributed by atoms with Crippen LogP contribution in [0.2, 0.25) is 0 Å². The number of nitrogens with two attached hydrogens (primary N) is 2. The second kappa shape index (κ2) is 5.51. The third-order valence-electron chi connectivity index (χ3n) is 3.53. The average Bonchev–Trinajstić information content (AvgIpc) is 2.80. The van der Waals surface area contributed by atoms with Crippen LogP contribution < -0.4 is 11.5 Å². The lowest BCUT2D eigenvalue weighted by Crippen LogP contribution is -2.30. The number of benzene rings is 1. The van der Waals surface area contributed by atoms with Gasteiger partial charge in [0.1, 0.15) is 0 Å². The van der Waals surface area contributed by atoms with E-state index in [1.54, 1.807) is 19.9 Å². The van der Waals surface area contributed by atoms with Gasteiger partial charge in [-0.15, -0.1) is 0 Å². The highest BCUT2D eigenvalue weighted by atomic mass is 16.1. The molecule has 0 aliphatic heterocycles. The first-order chi connectivity index (χ1) is 9.40. The number of aromatic nitrogens is 1.